The molecule has 0 N–H and O–H groups in total. The minimum atomic E-state index is -0.428. The second-order valence-electron chi connectivity index (χ2n) is 4.54. The number of fused-ring (bicyclic) bond motifs is 1. The van der Waals surface area contributed by atoms with E-state index >= 15 is 0 Å². The van der Waals surface area contributed by atoms with Gasteiger partial charge in [-0.1, -0.05) is 60.7 Å². The molecule has 1 aromatic heterocycles. The van der Waals surface area contributed by atoms with Gasteiger partial charge < -0.3 is 36.4 Å². The number of nitro benzene ring substituents is 1. The van der Waals surface area contributed by atoms with E-state index in [9.17, 15) is 10.1 Å². The van der Waals surface area contributed by atoms with Crippen LogP contribution in [0.4, 0.5) is 5.69 Å². The van der Waals surface area contributed by atoms with Crippen molar-refractivity contribution < 1.29 is 17.3 Å². The van der Waals surface area contributed by atoms with Crippen molar-refractivity contribution >= 4 is 63.8 Å². The maximum atomic E-state index is 10.4. The maximum absolute atomic E-state index is 10.4. The Balaban J connectivity index is 0.000000409. The van der Waals surface area contributed by atoms with E-state index in [4.69, 9.17) is 12.6 Å². The van der Waals surface area contributed by atoms with E-state index in [0.717, 1.165) is 10.2 Å². The molecular formula is C19H13ClN2O2S2Sn. The van der Waals surface area contributed by atoms with Gasteiger partial charge in [0.2, 0.25) is 0 Å². The predicted molar refractivity (Wildman–Crippen MR) is 108 cm³/mol. The summed E-state index contributed by atoms with van der Waals surface area (Å²) in [6.45, 7) is 0. The molecule has 0 saturated heterocycles. The van der Waals surface area contributed by atoms with Crippen LogP contribution >= 0.6 is 11.3 Å². The fourth-order valence-electron chi connectivity index (χ4n) is 1.69. The first-order valence-corrected chi connectivity index (χ1v) is 8.43. The van der Waals surface area contributed by atoms with Gasteiger partial charge in [0.1, 0.15) is 0 Å². The molecule has 0 aliphatic carbocycles. The summed E-state index contributed by atoms with van der Waals surface area (Å²) in [5.74, 6) is 0. The second-order valence-corrected chi connectivity index (χ2v) is 6.22. The molecule has 3 aromatic carbocycles. The molecule has 0 unspecified atom stereocenters. The van der Waals surface area contributed by atoms with Crippen LogP contribution in [0.3, 0.4) is 0 Å². The van der Waals surface area contributed by atoms with Crippen LogP contribution < -0.4 is 12.4 Å². The minimum Gasteiger partial charge on any atom is -1.00 e. The number of aromatic nitrogens is 1. The molecule has 0 fully saturated rings. The third-order valence-corrected chi connectivity index (χ3v) is 3.93. The Labute approximate surface area is 190 Å². The number of halogens is 1. The van der Waals surface area contributed by atoms with Gasteiger partial charge in [-0.25, -0.2) is 0 Å². The van der Waals surface area contributed by atoms with Gasteiger partial charge in [-0.05, 0) is 27.2 Å². The molecule has 0 aliphatic rings. The summed E-state index contributed by atoms with van der Waals surface area (Å²) in [5, 5.41) is 10.4. The zero-order chi connectivity index (χ0) is 17.9. The quantitative estimate of drug-likeness (QED) is 0.166. The average molecular weight is 520 g/mol. The maximum Gasteiger partial charge on any atom is 2.00 e. The summed E-state index contributed by atoms with van der Waals surface area (Å²) in [5.41, 5.74) is 0.798. The van der Waals surface area contributed by atoms with Gasteiger partial charge in [0.15, 0.2) is 0 Å². The first-order valence-electron chi connectivity index (χ1n) is 7.21. The van der Waals surface area contributed by atoms with Gasteiger partial charge in [-0.2, -0.15) is 0 Å². The van der Waals surface area contributed by atoms with E-state index in [1.54, 1.807) is 6.07 Å². The normalized spacial score (nSPS) is 8.59. The van der Waals surface area contributed by atoms with Crippen LogP contribution in [0.5, 0.6) is 0 Å². The molecule has 4 aromatic rings. The van der Waals surface area contributed by atoms with Crippen LogP contribution in [0.15, 0.2) is 83.2 Å². The van der Waals surface area contributed by atoms with Crippen molar-refractivity contribution in [2.24, 2.45) is 0 Å². The molecule has 134 valence electrons. The van der Waals surface area contributed by atoms with Crippen molar-refractivity contribution in [1.82, 2.24) is 4.98 Å². The topological polar surface area (TPSA) is 56.0 Å². The van der Waals surface area contributed by atoms with Crippen LogP contribution in [0, 0.1) is 22.2 Å². The molecule has 0 bridgehead atoms. The zero-order valence-corrected chi connectivity index (χ0v) is 19.2. The Morgan fingerprint density at radius 2 is 1.48 bits per heavy atom. The summed E-state index contributed by atoms with van der Waals surface area (Å²) >= 11 is 6.14. The van der Waals surface area contributed by atoms with E-state index in [1.807, 2.05) is 60.7 Å². The van der Waals surface area contributed by atoms with Crippen molar-refractivity contribution in [3.63, 3.8) is 0 Å². The molecule has 8 heteroatoms. The number of nitro groups is 1. The molecular weight excluding hydrogens is 507 g/mol. The zero-order valence-electron chi connectivity index (χ0n) is 13.9. The van der Waals surface area contributed by atoms with E-state index < -0.39 is 4.92 Å². The van der Waals surface area contributed by atoms with Crippen LogP contribution in [0.2, 0.25) is 0 Å². The minimum absolute atomic E-state index is 0. The molecule has 0 aliphatic heterocycles. The van der Waals surface area contributed by atoms with Gasteiger partial charge in [-0.15, -0.1) is 0 Å². The molecule has 27 heavy (non-hydrogen) atoms. The second kappa shape index (κ2) is 14.3. The third-order valence-electron chi connectivity index (χ3n) is 2.78. The van der Waals surface area contributed by atoms with Crippen LogP contribution in [0.1, 0.15) is 0 Å². The monoisotopic (exact) mass is 520 g/mol. The van der Waals surface area contributed by atoms with E-state index in [0.29, 0.717) is 4.34 Å². The molecule has 4 radical (unpaired) electrons. The number of nitrogens with zero attached hydrogens (tertiary/aromatic N) is 2. The molecule has 4 rings (SSSR count). The number of thiazole rings is 1. The van der Waals surface area contributed by atoms with E-state index in [1.165, 1.54) is 23.5 Å². The average Bonchev–Trinajstić information content (AvgIpc) is 3.05. The predicted octanol–water partition coefficient (Wildman–Crippen LogP) is 1.71. The van der Waals surface area contributed by atoms with Gasteiger partial charge in [0.25, 0.3) is 5.69 Å². The largest absolute Gasteiger partial charge is 2.00 e. The summed E-state index contributed by atoms with van der Waals surface area (Å²) in [4.78, 5) is 14.0. The van der Waals surface area contributed by atoms with Crippen LogP contribution in [0.25, 0.3) is 10.2 Å². The number of benzene rings is 3. The van der Waals surface area contributed by atoms with Gasteiger partial charge in [0.05, 0.1) is 10.4 Å². The Bertz CT molecular complexity index is 824. The van der Waals surface area contributed by atoms with Crippen LogP contribution in [-0.2, 0) is 12.6 Å². The first-order chi connectivity index (χ1) is 12.2. The molecule has 0 spiro atoms. The summed E-state index contributed by atoms with van der Waals surface area (Å²) in [7, 11) is 0. The number of rotatable bonds is 1. The summed E-state index contributed by atoms with van der Waals surface area (Å²) in [6.07, 6.45) is 0. The van der Waals surface area contributed by atoms with Crippen molar-refractivity contribution in [2.45, 2.75) is 4.34 Å². The van der Waals surface area contributed by atoms with E-state index in [2.05, 4.69) is 17.1 Å². The smallest absolute Gasteiger partial charge is 1.00 e. The SMILES string of the molecule is O=[N+]([O-])c1ccc2nc([S-])sc2c1.[Cl-].[Sn+2].[c]1ccccc1.[c]1ccccc1. The van der Waals surface area contributed by atoms with Crippen molar-refractivity contribution in [1.29, 1.82) is 0 Å². The van der Waals surface area contributed by atoms with Crippen molar-refractivity contribution in [3.05, 3.63) is 101 Å². The number of hydrogen-bond acceptors (Lipinski definition) is 5. The van der Waals surface area contributed by atoms with Gasteiger partial charge in [-0.3, -0.25) is 15.1 Å². The van der Waals surface area contributed by atoms with Crippen molar-refractivity contribution in [3.8, 4) is 0 Å². The Morgan fingerprint density at radius 3 is 1.85 bits per heavy atom. The Morgan fingerprint density at radius 1 is 0.963 bits per heavy atom. The van der Waals surface area contributed by atoms with Gasteiger partial charge in [0, 0.05) is 12.1 Å². The molecule has 0 atom stereocenters. The molecule has 4 nitrogen and oxygen atoms in total. The summed E-state index contributed by atoms with van der Waals surface area (Å²) < 4.78 is 1.27. The molecule has 1 heterocycles. The fourth-order valence-corrected chi connectivity index (χ4v) is 2.79. The molecule has 0 saturated carbocycles. The number of non-ortho nitro benzene ring substituents is 1. The van der Waals surface area contributed by atoms with Crippen LogP contribution in [-0.4, -0.2) is 33.8 Å². The third kappa shape index (κ3) is 9.67. The number of hydrogen-bond donors (Lipinski definition) is 0. The molecule has 0 amide bonds. The van der Waals surface area contributed by atoms with E-state index in [-0.39, 0.29) is 42.0 Å². The Kier molecular flexibility index (Phi) is 13.4. The fraction of sp³-hybridized carbons (Fsp3) is 0. The standard InChI is InChI=1S/C7H4N2O2S2.2C6H5.ClH.Sn/c10-9(11)4-1-2-5-6(3-4)13-7(12)8-5;2*1-2-4-6-5-3-1;;/h1-3H,(H,8,12);2*1-5H;1H;/q;;;;+2/p-2. The Hall–Kier alpha value is -1.74. The van der Waals surface area contributed by atoms with Gasteiger partial charge >= 0.3 is 23.9 Å². The first kappa shape index (κ1) is 25.3. The van der Waals surface area contributed by atoms with Crippen molar-refractivity contribution in [2.75, 3.05) is 0 Å². The summed E-state index contributed by atoms with van der Waals surface area (Å²) in [6, 6.07) is 29.5.